The number of amides is 4. The molecule has 0 saturated carbocycles. The number of aromatic nitrogens is 3. The van der Waals surface area contributed by atoms with Gasteiger partial charge in [0.1, 0.15) is 11.7 Å². The van der Waals surface area contributed by atoms with Crippen LogP contribution in [0.4, 0.5) is 11.4 Å². The molecule has 1 unspecified atom stereocenters. The monoisotopic (exact) mass is 722 g/mol. The third-order valence-corrected chi connectivity index (χ3v) is 10.6. The predicted octanol–water partition coefficient (Wildman–Crippen LogP) is 4.76. The van der Waals surface area contributed by atoms with Crippen LogP contribution in [0, 0.1) is 6.92 Å². The number of pyridine rings is 1. The number of imide groups is 2. The van der Waals surface area contributed by atoms with Crippen molar-refractivity contribution in [1.82, 2.24) is 25.0 Å². The van der Waals surface area contributed by atoms with Crippen LogP contribution in [-0.2, 0) is 20.8 Å². The van der Waals surface area contributed by atoms with Crippen molar-refractivity contribution in [2.24, 2.45) is 5.16 Å². The Morgan fingerprint density at radius 2 is 1.56 bits per heavy atom. The van der Waals surface area contributed by atoms with Crippen molar-refractivity contribution in [2.75, 3.05) is 36.0 Å². The molecule has 2 N–H and O–H groups in total. The van der Waals surface area contributed by atoms with Gasteiger partial charge < -0.3 is 15.0 Å². The molecule has 0 spiro atoms. The van der Waals surface area contributed by atoms with Gasteiger partial charge in [0.2, 0.25) is 18.2 Å². The molecule has 2 aromatic heterocycles. The van der Waals surface area contributed by atoms with Gasteiger partial charge in [-0.25, -0.2) is 4.68 Å². The smallest absolute Gasteiger partial charge is 0.261 e. The number of benzene rings is 3. The molecule has 3 aromatic carbocycles. The molecule has 13 heteroatoms. The summed E-state index contributed by atoms with van der Waals surface area (Å²) in [7, 11) is 0. The summed E-state index contributed by atoms with van der Waals surface area (Å²) in [6.07, 6.45) is 7.71. The van der Waals surface area contributed by atoms with E-state index in [9.17, 15) is 24.4 Å². The molecule has 2 fully saturated rings. The van der Waals surface area contributed by atoms with Crippen molar-refractivity contribution in [3.63, 3.8) is 0 Å². The topological polar surface area (TPSA) is 153 Å². The molecular weight excluding hydrogens is 685 g/mol. The minimum Gasteiger partial charge on any atom is -0.411 e. The number of rotatable bonds is 8. The molecule has 13 nitrogen and oxygen atoms in total. The van der Waals surface area contributed by atoms with Gasteiger partial charge in [-0.15, -0.1) is 0 Å². The number of aryl methyl sites for hydroxylation is 2. The second-order valence-corrected chi connectivity index (χ2v) is 13.8. The van der Waals surface area contributed by atoms with E-state index in [0.717, 1.165) is 100 Å². The molecule has 4 heterocycles. The van der Waals surface area contributed by atoms with E-state index in [2.05, 4.69) is 67.9 Å². The number of nitrogens with zero attached hydrogens (tertiary/aromatic N) is 7. The number of hydrogen-bond acceptors (Lipinski definition) is 10. The summed E-state index contributed by atoms with van der Waals surface area (Å²) in [4.78, 5) is 58.8. The molecule has 1 atom stereocenters. The summed E-state index contributed by atoms with van der Waals surface area (Å²) in [5.74, 6) is -1.61. The van der Waals surface area contributed by atoms with Gasteiger partial charge in [0.15, 0.2) is 0 Å². The molecule has 4 amide bonds. The first-order valence-electron chi connectivity index (χ1n) is 18.0. The Bertz CT molecular complexity index is 2290. The summed E-state index contributed by atoms with van der Waals surface area (Å²) >= 11 is 0. The lowest BCUT2D eigenvalue weighted by Crippen LogP contribution is -2.53. The minimum absolute atomic E-state index is 0.0718. The zero-order valence-corrected chi connectivity index (χ0v) is 29.7. The van der Waals surface area contributed by atoms with Crippen LogP contribution >= 0.6 is 0 Å². The molecule has 8 rings (SSSR count). The molecule has 2 aliphatic heterocycles. The molecule has 0 bridgehead atoms. The number of carbonyl (C=O) groups is 4. The Morgan fingerprint density at radius 3 is 2.24 bits per heavy atom. The Labute approximate surface area is 311 Å². The van der Waals surface area contributed by atoms with Crippen LogP contribution in [0.2, 0.25) is 0 Å². The number of nitrogens with one attached hydrogen (secondary N) is 1. The van der Waals surface area contributed by atoms with Crippen LogP contribution < -0.4 is 15.1 Å². The lowest BCUT2D eigenvalue weighted by molar-refractivity contribution is -0.139. The SMILES string of the molecule is Cc1cc(N2CCN(c3ccc(-n4cc(-c5ccc6c(c5)CC/C6=N\O)c(-c5ccncc5)n4)cc3)CC2)ccc1C(=O)N(C=O)C1CCC(=O)NC1=O. The fourth-order valence-corrected chi connectivity index (χ4v) is 7.65. The summed E-state index contributed by atoms with van der Waals surface area (Å²) in [5.41, 5.74) is 10.8. The maximum Gasteiger partial charge on any atom is 0.261 e. The van der Waals surface area contributed by atoms with Crippen LogP contribution in [0.5, 0.6) is 0 Å². The van der Waals surface area contributed by atoms with Crippen molar-refractivity contribution < 1.29 is 24.4 Å². The Hall–Kier alpha value is -6.63. The number of oxime groups is 1. The number of anilines is 2. The van der Waals surface area contributed by atoms with Crippen molar-refractivity contribution in [1.29, 1.82) is 0 Å². The summed E-state index contributed by atoms with van der Waals surface area (Å²) in [6, 6.07) is 23.1. The maximum atomic E-state index is 13.3. The first kappa shape index (κ1) is 34.5. The predicted molar refractivity (Wildman–Crippen MR) is 203 cm³/mol. The van der Waals surface area contributed by atoms with E-state index in [1.54, 1.807) is 18.5 Å². The molecule has 5 aromatic rings. The van der Waals surface area contributed by atoms with Crippen LogP contribution in [0.3, 0.4) is 0 Å². The van der Waals surface area contributed by atoms with Gasteiger partial charge in [-0.3, -0.25) is 34.4 Å². The number of piperazine rings is 1. The molecule has 2 saturated heterocycles. The van der Waals surface area contributed by atoms with Gasteiger partial charge in [0.25, 0.3) is 5.91 Å². The third-order valence-electron chi connectivity index (χ3n) is 10.6. The lowest BCUT2D eigenvalue weighted by Gasteiger charge is -2.37. The summed E-state index contributed by atoms with van der Waals surface area (Å²) in [5, 5.41) is 20.1. The lowest BCUT2D eigenvalue weighted by atomic mass is 9.98. The van der Waals surface area contributed by atoms with Crippen molar-refractivity contribution >= 4 is 41.2 Å². The third kappa shape index (κ3) is 6.48. The van der Waals surface area contributed by atoms with E-state index >= 15 is 0 Å². The van der Waals surface area contributed by atoms with Crippen molar-refractivity contribution in [3.8, 4) is 28.1 Å². The summed E-state index contributed by atoms with van der Waals surface area (Å²) in [6.45, 7) is 4.96. The molecular formula is C41H38N8O5. The second-order valence-electron chi connectivity index (χ2n) is 13.8. The van der Waals surface area contributed by atoms with Gasteiger partial charge in [0, 0.05) is 84.8 Å². The zero-order valence-electron chi connectivity index (χ0n) is 29.7. The molecule has 54 heavy (non-hydrogen) atoms. The highest BCUT2D eigenvalue weighted by Crippen LogP contribution is 2.35. The minimum atomic E-state index is -1.01. The fraction of sp³-hybridized carbons (Fsp3) is 0.244. The summed E-state index contributed by atoms with van der Waals surface area (Å²) < 4.78 is 1.91. The van der Waals surface area contributed by atoms with Crippen LogP contribution in [0.15, 0.2) is 96.5 Å². The Balaban J connectivity index is 0.953. The highest BCUT2D eigenvalue weighted by atomic mass is 16.4. The largest absolute Gasteiger partial charge is 0.411 e. The van der Waals surface area contributed by atoms with Gasteiger partial charge in [-0.05, 0) is 97.5 Å². The van der Waals surface area contributed by atoms with Crippen molar-refractivity contribution in [3.05, 3.63) is 114 Å². The second kappa shape index (κ2) is 14.4. The van der Waals surface area contributed by atoms with Gasteiger partial charge in [-0.2, -0.15) is 5.10 Å². The average Bonchev–Trinajstić information content (AvgIpc) is 3.84. The first-order chi connectivity index (χ1) is 26.3. The zero-order chi connectivity index (χ0) is 37.3. The normalized spacial score (nSPS) is 17.7. The van der Waals surface area contributed by atoms with Crippen LogP contribution in [-0.4, -0.2) is 86.9 Å². The van der Waals surface area contributed by atoms with E-state index < -0.39 is 23.8 Å². The number of fused-ring (bicyclic) bond motifs is 1. The van der Waals surface area contributed by atoms with Gasteiger partial charge in [0.05, 0.1) is 11.4 Å². The molecule has 272 valence electrons. The van der Waals surface area contributed by atoms with Crippen LogP contribution in [0.25, 0.3) is 28.1 Å². The van der Waals surface area contributed by atoms with Gasteiger partial charge in [-0.1, -0.05) is 23.4 Å². The Kier molecular flexibility index (Phi) is 9.20. The van der Waals surface area contributed by atoms with E-state index in [0.29, 0.717) is 17.5 Å². The highest BCUT2D eigenvalue weighted by molar-refractivity contribution is 6.08. The number of carbonyl (C=O) groups excluding carboxylic acids is 4. The standard InChI is InChI=1S/C41H38N8O5/c1-26-22-32(8-10-33(26)41(53)48(25-50)37-12-13-38(51)43-40(37)52)47-20-18-46(19-21-47)30-4-6-31(7-5-30)49-24-35(39(44-49)27-14-16-42-17-15-27)29-2-9-34-28(23-29)3-11-36(34)45-54/h2,4-10,14-17,22-25,37,54H,3,11-13,18-21H2,1H3,(H,43,51,52)/b45-36+. The van der Waals surface area contributed by atoms with Gasteiger partial charge >= 0.3 is 0 Å². The van der Waals surface area contributed by atoms with E-state index in [1.807, 2.05) is 41.9 Å². The van der Waals surface area contributed by atoms with Crippen molar-refractivity contribution in [2.45, 2.75) is 38.6 Å². The maximum absolute atomic E-state index is 13.3. The fourth-order valence-electron chi connectivity index (χ4n) is 7.65. The highest BCUT2D eigenvalue weighted by Gasteiger charge is 2.35. The molecule has 1 aliphatic carbocycles. The van der Waals surface area contributed by atoms with E-state index in [-0.39, 0.29) is 12.8 Å². The van der Waals surface area contributed by atoms with E-state index in [1.165, 1.54) is 0 Å². The number of hydrogen-bond donors (Lipinski definition) is 2. The quantitative estimate of drug-likeness (QED) is 0.0999. The Morgan fingerprint density at radius 1 is 0.852 bits per heavy atom. The first-order valence-corrected chi connectivity index (χ1v) is 18.0. The van der Waals surface area contributed by atoms with Crippen LogP contribution in [0.1, 0.15) is 46.3 Å². The number of piperidine rings is 1. The van der Waals surface area contributed by atoms with E-state index in [4.69, 9.17) is 5.10 Å². The average molecular weight is 723 g/mol. The molecule has 0 radical (unpaired) electrons. The molecule has 3 aliphatic rings.